The molecule has 2 aromatic carbocycles. The van der Waals surface area contributed by atoms with Crippen molar-refractivity contribution in [2.24, 2.45) is 5.92 Å². The first-order valence-electron chi connectivity index (χ1n) is 14.6. The van der Waals surface area contributed by atoms with E-state index in [0.29, 0.717) is 35.0 Å². The molecule has 1 saturated carbocycles. The lowest BCUT2D eigenvalue weighted by atomic mass is 10.0. The maximum Gasteiger partial charge on any atom is 0.387 e. The van der Waals surface area contributed by atoms with Crippen molar-refractivity contribution in [1.29, 1.82) is 0 Å². The first kappa shape index (κ1) is 35.1. The number of hydrogen-bond donors (Lipinski definition) is 0. The number of benzene rings is 2. The highest BCUT2D eigenvalue weighted by molar-refractivity contribution is 8.02. The second-order valence-corrected chi connectivity index (χ2v) is 15.1. The summed E-state index contributed by atoms with van der Waals surface area (Å²) in [7, 11) is -0.995. The lowest BCUT2D eigenvalue weighted by molar-refractivity contribution is -0.377. The number of rotatable bonds is 13. The molecule has 1 aliphatic carbocycles. The monoisotopic (exact) mass is 730 g/mol. The topological polar surface area (TPSA) is 117 Å². The predicted octanol–water partition coefficient (Wildman–Crippen LogP) is 5.49. The third-order valence-electron chi connectivity index (χ3n) is 7.54. The summed E-state index contributed by atoms with van der Waals surface area (Å²) in [5, 5.41) is -0.707. The Morgan fingerprint density at radius 2 is 1.74 bits per heavy atom. The average Bonchev–Trinajstić information content (AvgIpc) is 3.72. The van der Waals surface area contributed by atoms with Gasteiger partial charge in [-0.25, -0.2) is 18.2 Å². The molecule has 0 radical (unpaired) electrons. The Bertz CT molecular complexity index is 1710. The first-order valence-corrected chi connectivity index (χ1v) is 17.8. The molecule has 1 saturated heterocycles. The Morgan fingerprint density at radius 3 is 2.36 bits per heavy atom. The molecule has 2 aliphatic rings. The third kappa shape index (κ3) is 8.47. The highest BCUT2D eigenvalue weighted by Gasteiger charge is 2.42. The quantitative estimate of drug-likeness (QED) is 0.212. The number of aromatic nitrogens is 1. The number of halogens is 4. The predicted molar refractivity (Wildman–Crippen MR) is 171 cm³/mol. The number of esters is 1. The normalized spacial score (nSPS) is 17.4. The number of pyridine rings is 1. The summed E-state index contributed by atoms with van der Waals surface area (Å²) in [5.41, 5.74) is 1.11. The number of carbonyl (C=O) groups is 2. The van der Waals surface area contributed by atoms with Crippen molar-refractivity contribution in [1.82, 2.24) is 9.21 Å². The van der Waals surface area contributed by atoms with E-state index in [9.17, 15) is 26.8 Å². The maximum atomic E-state index is 13.8. The lowest BCUT2D eigenvalue weighted by Gasteiger charge is -2.26. The Kier molecular flexibility index (Phi) is 11.2. The number of thioether (sulfide) groups is 1. The van der Waals surface area contributed by atoms with Gasteiger partial charge in [0.05, 0.1) is 11.5 Å². The summed E-state index contributed by atoms with van der Waals surface area (Å²) in [6.45, 7) is -2.75. The molecule has 1 aliphatic heterocycles. The standard InChI is InChI=1S/C31H31Cl2F2N3O7S2/c1-37(2)28(39)19-5-8-21(9-6-19)47(41,42)38-11-12-46-29(38)30(40)44-26(14-22-23(32)15-36-16-24(22)33)20-7-10-25(45-31(34)35)27(13-20)43-17-18-3-4-18/h5-10,13,15-16,18,26,29,31H,3-4,11-12,14,17H2,1-2H3/p+1/t26-,29?/m0/s1. The molecule has 252 valence electrons. The SMILES string of the molecule is CN(C)C(=O)c1ccc(S(=O)(=O)N2CCSC2C(=O)O[C@@H](Cc2c(Cl)c[nH+]cc2Cl)c2ccc(OC(F)F)c(OCC3CC3)c2)cc1. The van der Waals surface area contributed by atoms with E-state index in [1.165, 1.54) is 59.8 Å². The molecule has 2 fully saturated rings. The minimum atomic E-state index is -4.17. The summed E-state index contributed by atoms with van der Waals surface area (Å²) in [5.74, 6) is -0.631. The molecular formula is C31H32Cl2F2N3O7S2+. The van der Waals surface area contributed by atoms with Gasteiger partial charge in [-0.05, 0) is 60.7 Å². The molecule has 47 heavy (non-hydrogen) atoms. The van der Waals surface area contributed by atoms with Crippen LogP contribution < -0.4 is 14.5 Å². The Morgan fingerprint density at radius 1 is 1.06 bits per heavy atom. The van der Waals surface area contributed by atoms with Crippen molar-refractivity contribution in [3.8, 4) is 11.5 Å². The molecule has 10 nitrogen and oxygen atoms in total. The van der Waals surface area contributed by atoms with Crippen molar-refractivity contribution in [2.45, 2.75) is 42.2 Å². The summed E-state index contributed by atoms with van der Waals surface area (Å²) >= 11 is 14.0. The highest BCUT2D eigenvalue weighted by atomic mass is 35.5. The van der Waals surface area contributed by atoms with E-state index in [4.69, 9.17) is 32.7 Å². The van der Waals surface area contributed by atoms with Gasteiger partial charge in [0.2, 0.25) is 10.0 Å². The summed E-state index contributed by atoms with van der Waals surface area (Å²) in [6, 6.07) is 9.70. The van der Waals surface area contributed by atoms with E-state index in [1.54, 1.807) is 14.1 Å². The number of alkyl halides is 2. The second kappa shape index (κ2) is 14.9. The van der Waals surface area contributed by atoms with Crippen molar-refractivity contribution >= 4 is 56.9 Å². The van der Waals surface area contributed by atoms with Crippen LogP contribution >= 0.6 is 35.0 Å². The van der Waals surface area contributed by atoms with Gasteiger partial charge >= 0.3 is 12.6 Å². The zero-order valence-corrected chi connectivity index (χ0v) is 28.5. The summed E-state index contributed by atoms with van der Waals surface area (Å²) < 4.78 is 71.3. The van der Waals surface area contributed by atoms with Gasteiger partial charge in [-0.1, -0.05) is 29.3 Å². The van der Waals surface area contributed by atoms with Crippen LogP contribution in [0.1, 0.15) is 40.4 Å². The van der Waals surface area contributed by atoms with Crippen molar-refractivity contribution < 1.29 is 46.0 Å². The molecule has 5 rings (SSSR count). The van der Waals surface area contributed by atoms with Crippen molar-refractivity contribution in [3.63, 3.8) is 0 Å². The van der Waals surface area contributed by atoms with Gasteiger partial charge in [-0.2, -0.15) is 13.1 Å². The van der Waals surface area contributed by atoms with E-state index >= 15 is 0 Å². The Balaban J connectivity index is 1.44. The lowest BCUT2D eigenvalue weighted by Crippen LogP contribution is -2.40. The van der Waals surface area contributed by atoms with Crippen LogP contribution in [0.2, 0.25) is 10.0 Å². The van der Waals surface area contributed by atoms with Gasteiger partial charge in [-0.3, -0.25) is 4.79 Å². The van der Waals surface area contributed by atoms with E-state index in [-0.39, 0.29) is 45.3 Å². The largest absolute Gasteiger partial charge is 0.489 e. The molecule has 3 aromatic rings. The molecule has 2 atom stereocenters. The fraction of sp³-hybridized carbons (Fsp3) is 0.387. The zero-order valence-electron chi connectivity index (χ0n) is 25.3. The Labute approximate surface area is 285 Å². The van der Waals surface area contributed by atoms with Gasteiger partial charge in [-0.15, -0.1) is 11.8 Å². The van der Waals surface area contributed by atoms with Gasteiger partial charge in [0.25, 0.3) is 5.91 Å². The van der Waals surface area contributed by atoms with Crippen LogP contribution in [0.3, 0.4) is 0 Å². The summed E-state index contributed by atoms with van der Waals surface area (Å²) in [6.07, 6.45) is 3.83. The zero-order chi connectivity index (χ0) is 33.9. The van der Waals surface area contributed by atoms with Crippen LogP contribution in [-0.2, 0) is 26.0 Å². The number of nitrogens with zero attached hydrogens (tertiary/aromatic N) is 2. The molecule has 1 amide bonds. The average molecular weight is 732 g/mol. The third-order valence-corrected chi connectivity index (χ3v) is 11.4. The van der Waals surface area contributed by atoms with Gasteiger partial charge in [0.15, 0.2) is 29.3 Å². The van der Waals surface area contributed by atoms with Gasteiger partial charge in [0.1, 0.15) is 16.1 Å². The van der Waals surface area contributed by atoms with Gasteiger partial charge < -0.3 is 19.1 Å². The van der Waals surface area contributed by atoms with Crippen LogP contribution in [0.15, 0.2) is 59.8 Å². The second-order valence-electron chi connectivity index (χ2n) is 11.2. The van der Waals surface area contributed by atoms with E-state index in [2.05, 4.69) is 9.72 Å². The smallest absolute Gasteiger partial charge is 0.387 e. The van der Waals surface area contributed by atoms with Crippen LogP contribution in [0.25, 0.3) is 0 Å². The van der Waals surface area contributed by atoms with Crippen LogP contribution in [-0.4, -0.2) is 74.5 Å². The van der Waals surface area contributed by atoms with E-state index in [1.807, 2.05) is 0 Å². The number of hydrogen-bond acceptors (Lipinski definition) is 8. The first-order chi connectivity index (χ1) is 22.3. The number of sulfonamides is 1. The number of nitrogens with one attached hydrogen (secondary N) is 1. The number of aromatic amines is 1. The summed E-state index contributed by atoms with van der Waals surface area (Å²) in [4.78, 5) is 30.2. The van der Waals surface area contributed by atoms with Crippen LogP contribution in [0.4, 0.5) is 8.78 Å². The molecule has 2 heterocycles. The van der Waals surface area contributed by atoms with Crippen molar-refractivity contribution in [2.75, 3.05) is 33.0 Å². The fourth-order valence-electron chi connectivity index (χ4n) is 4.86. The van der Waals surface area contributed by atoms with Crippen LogP contribution in [0, 0.1) is 5.92 Å². The number of ether oxygens (including phenoxy) is 3. The van der Waals surface area contributed by atoms with E-state index < -0.39 is 34.1 Å². The Hall–Kier alpha value is -3.17. The molecule has 16 heteroatoms. The number of carbonyl (C=O) groups excluding carboxylic acids is 2. The highest BCUT2D eigenvalue weighted by Crippen LogP contribution is 2.39. The number of amides is 1. The minimum absolute atomic E-state index is 0.0271. The fourth-order valence-corrected chi connectivity index (χ4v) is 8.44. The molecule has 1 N–H and O–H groups in total. The molecule has 1 aromatic heterocycles. The molecular weight excluding hydrogens is 699 g/mol. The molecule has 0 spiro atoms. The van der Waals surface area contributed by atoms with Crippen LogP contribution in [0.5, 0.6) is 11.5 Å². The number of H-pyrrole nitrogens is 1. The van der Waals surface area contributed by atoms with Crippen molar-refractivity contribution in [3.05, 3.63) is 81.6 Å². The van der Waals surface area contributed by atoms with Gasteiger partial charge in [0, 0.05) is 43.9 Å². The molecule has 1 unspecified atom stereocenters. The van der Waals surface area contributed by atoms with E-state index in [0.717, 1.165) is 28.9 Å². The molecule has 0 bridgehead atoms. The maximum absolute atomic E-state index is 13.8. The minimum Gasteiger partial charge on any atom is -0.489 e.